The summed E-state index contributed by atoms with van der Waals surface area (Å²) in [5.74, 6) is 2.14. The van der Waals surface area contributed by atoms with E-state index in [0.29, 0.717) is 59.9 Å². The van der Waals surface area contributed by atoms with Crippen molar-refractivity contribution in [1.29, 1.82) is 0 Å². The van der Waals surface area contributed by atoms with E-state index in [-0.39, 0.29) is 17.8 Å². The Labute approximate surface area is 337 Å². The van der Waals surface area contributed by atoms with Gasteiger partial charge in [0.15, 0.2) is 0 Å². The van der Waals surface area contributed by atoms with E-state index >= 15 is 0 Å². The molecule has 1 atom stereocenters. The summed E-state index contributed by atoms with van der Waals surface area (Å²) >= 11 is 0. The van der Waals surface area contributed by atoms with E-state index in [1.165, 1.54) is 7.11 Å². The summed E-state index contributed by atoms with van der Waals surface area (Å²) in [5.41, 5.74) is 4.51. The quantitative estimate of drug-likeness (QED) is 0.0799. The second-order valence-corrected chi connectivity index (χ2v) is 14.2. The number of anilines is 4. The number of fused-ring (bicyclic) bond motifs is 1. The van der Waals surface area contributed by atoms with Crippen molar-refractivity contribution in [2.24, 2.45) is 0 Å². The monoisotopic (exact) mass is 783 g/mol. The maximum atomic E-state index is 13.6. The van der Waals surface area contributed by atoms with Crippen LogP contribution in [0.15, 0.2) is 97.2 Å². The van der Waals surface area contributed by atoms with Gasteiger partial charge in [-0.1, -0.05) is 62.2 Å². The first kappa shape index (κ1) is 39.7. The molecule has 1 unspecified atom stereocenters. The number of aryl methyl sites for hydroxylation is 1. The number of carbonyl (C=O) groups is 2. The van der Waals surface area contributed by atoms with E-state index in [1.807, 2.05) is 61.5 Å². The van der Waals surface area contributed by atoms with E-state index < -0.39 is 6.03 Å². The predicted octanol–water partition coefficient (Wildman–Crippen LogP) is 8.28. The number of nitrogens with zero attached hydrogens (tertiary/aromatic N) is 5. The van der Waals surface area contributed by atoms with Gasteiger partial charge in [0, 0.05) is 66.9 Å². The fraction of sp³-hybridized carbons (Fsp3) is 0.295. The van der Waals surface area contributed by atoms with Crippen molar-refractivity contribution in [3.63, 3.8) is 0 Å². The first-order valence-electron chi connectivity index (χ1n) is 19.6. The molecule has 14 heteroatoms. The van der Waals surface area contributed by atoms with Crippen molar-refractivity contribution < 1.29 is 23.8 Å². The van der Waals surface area contributed by atoms with Crippen LogP contribution in [-0.4, -0.2) is 83.1 Å². The maximum absolute atomic E-state index is 13.6. The highest BCUT2D eigenvalue weighted by atomic mass is 16.5. The third-order valence-electron chi connectivity index (χ3n) is 9.97. The van der Waals surface area contributed by atoms with E-state index in [0.717, 1.165) is 60.2 Å². The van der Waals surface area contributed by atoms with E-state index in [9.17, 15) is 9.59 Å². The highest BCUT2D eigenvalue weighted by Crippen LogP contribution is 2.35. The number of rotatable bonds is 15. The van der Waals surface area contributed by atoms with Gasteiger partial charge in [0.1, 0.15) is 17.3 Å². The van der Waals surface area contributed by atoms with Gasteiger partial charge in [0.2, 0.25) is 11.8 Å². The Morgan fingerprint density at radius 3 is 2.47 bits per heavy atom. The number of morpholine rings is 1. The topological polar surface area (TPSA) is 157 Å². The summed E-state index contributed by atoms with van der Waals surface area (Å²) in [7, 11) is 1.53. The Kier molecular flexibility index (Phi) is 12.8. The van der Waals surface area contributed by atoms with Gasteiger partial charge in [-0.25, -0.2) is 14.5 Å². The van der Waals surface area contributed by atoms with Gasteiger partial charge < -0.3 is 30.2 Å². The Balaban J connectivity index is 1.04. The molecule has 0 aliphatic carbocycles. The molecule has 0 spiro atoms. The number of nitrogens with one attached hydrogen (secondary N) is 4. The molecule has 4 aromatic carbocycles. The lowest BCUT2D eigenvalue weighted by molar-refractivity contribution is 0.0383. The second-order valence-electron chi connectivity index (χ2n) is 14.2. The number of urea groups is 1. The summed E-state index contributed by atoms with van der Waals surface area (Å²) in [6, 6.07) is 27.7. The highest BCUT2D eigenvalue weighted by Gasteiger charge is 2.19. The van der Waals surface area contributed by atoms with Crippen LogP contribution in [0, 0.1) is 6.92 Å². The van der Waals surface area contributed by atoms with Crippen molar-refractivity contribution in [2.45, 2.75) is 39.5 Å². The molecule has 300 valence electrons. The maximum Gasteiger partial charge on any atom is 0.324 e. The van der Waals surface area contributed by atoms with Crippen LogP contribution >= 0.6 is 0 Å². The molecular weight excluding hydrogens is 735 g/mol. The first-order chi connectivity index (χ1) is 28.3. The standard InChI is InChI=1S/C44H49N9O5/c1-5-8-30(3)37-28-40(53(51-37)32-14-11-29(2)12-15-32)49-44(55)48-36-16-18-39(34-10-7-6-9-33(34)36)58-41-19-20-46-43(50-41)47-31-13-17-38(56-4)35(27-31)42(54)45-21-22-52-23-25-57-26-24-52/h6-7,9-20,27-28,30H,5,8,21-26H2,1-4H3,(H,45,54)(H,46,47,50)(H2,48,49,55). The van der Waals surface area contributed by atoms with Crippen LogP contribution in [0.1, 0.15) is 54.2 Å². The van der Waals surface area contributed by atoms with Gasteiger partial charge in [-0.15, -0.1) is 0 Å². The summed E-state index contributed by atoms with van der Waals surface area (Å²) in [5, 5.41) is 18.7. The summed E-state index contributed by atoms with van der Waals surface area (Å²) in [4.78, 5) is 38.0. The van der Waals surface area contributed by atoms with Crippen molar-refractivity contribution in [1.82, 2.24) is 30.0 Å². The molecular formula is C44H49N9O5. The van der Waals surface area contributed by atoms with Gasteiger partial charge in [-0.05, 0) is 55.8 Å². The minimum atomic E-state index is -0.402. The third kappa shape index (κ3) is 9.71. The van der Waals surface area contributed by atoms with Gasteiger partial charge >= 0.3 is 6.03 Å². The molecule has 0 bridgehead atoms. The van der Waals surface area contributed by atoms with E-state index in [4.69, 9.17) is 19.3 Å². The van der Waals surface area contributed by atoms with Crippen LogP contribution in [-0.2, 0) is 4.74 Å². The van der Waals surface area contributed by atoms with Crippen LogP contribution in [0.2, 0.25) is 0 Å². The minimum Gasteiger partial charge on any atom is -0.496 e. The largest absolute Gasteiger partial charge is 0.496 e. The predicted molar refractivity (Wildman–Crippen MR) is 226 cm³/mol. The first-order valence-corrected chi connectivity index (χ1v) is 19.6. The zero-order valence-corrected chi connectivity index (χ0v) is 33.2. The molecule has 1 saturated heterocycles. The van der Waals surface area contributed by atoms with Crippen LogP contribution in [0.3, 0.4) is 0 Å². The number of methoxy groups -OCH3 is 1. The highest BCUT2D eigenvalue weighted by molar-refractivity contribution is 6.07. The fourth-order valence-corrected chi connectivity index (χ4v) is 6.84. The van der Waals surface area contributed by atoms with Crippen LogP contribution in [0.25, 0.3) is 16.5 Å². The molecule has 7 rings (SSSR count). The van der Waals surface area contributed by atoms with Crippen molar-refractivity contribution in [3.8, 4) is 23.1 Å². The molecule has 1 aliphatic rings. The van der Waals surface area contributed by atoms with Gasteiger partial charge in [-0.2, -0.15) is 10.1 Å². The fourth-order valence-electron chi connectivity index (χ4n) is 6.84. The van der Waals surface area contributed by atoms with Gasteiger partial charge in [0.25, 0.3) is 5.91 Å². The van der Waals surface area contributed by atoms with Gasteiger partial charge in [0.05, 0.1) is 43.0 Å². The summed E-state index contributed by atoms with van der Waals surface area (Å²) in [6.07, 6.45) is 3.61. The molecule has 14 nitrogen and oxygen atoms in total. The van der Waals surface area contributed by atoms with Crippen LogP contribution < -0.4 is 30.7 Å². The number of ether oxygens (including phenoxy) is 3. The molecule has 6 aromatic rings. The average molecular weight is 784 g/mol. The third-order valence-corrected chi connectivity index (χ3v) is 9.97. The molecule has 0 saturated carbocycles. The smallest absolute Gasteiger partial charge is 0.324 e. The zero-order chi connectivity index (χ0) is 40.4. The Bertz CT molecular complexity index is 2360. The van der Waals surface area contributed by atoms with Crippen molar-refractivity contribution in [2.75, 3.05) is 62.5 Å². The lowest BCUT2D eigenvalue weighted by atomic mass is 10.0. The molecule has 4 N–H and O–H groups in total. The summed E-state index contributed by atoms with van der Waals surface area (Å²) in [6.45, 7) is 10.7. The number of hydrogen-bond donors (Lipinski definition) is 4. The molecule has 0 radical (unpaired) electrons. The molecule has 58 heavy (non-hydrogen) atoms. The molecule has 2 aromatic heterocycles. The SMILES string of the molecule is CCCC(C)c1cc(NC(=O)Nc2ccc(Oc3ccnc(Nc4ccc(OC)c(C(=O)NCCN5CCOCC5)c4)n3)c3ccccc23)n(-c2ccc(C)cc2)n1. The average Bonchev–Trinajstić information content (AvgIpc) is 3.66. The lowest BCUT2D eigenvalue weighted by Crippen LogP contribution is -2.41. The lowest BCUT2D eigenvalue weighted by Gasteiger charge is -2.26. The second kappa shape index (κ2) is 18.6. The Morgan fingerprint density at radius 2 is 1.69 bits per heavy atom. The zero-order valence-electron chi connectivity index (χ0n) is 33.2. The minimum absolute atomic E-state index is 0.239. The van der Waals surface area contributed by atoms with Crippen molar-refractivity contribution >= 4 is 45.9 Å². The molecule has 3 amide bonds. The normalized spacial score (nSPS) is 13.4. The van der Waals surface area contributed by atoms with Crippen LogP contribution in [0.4, 0.5) is 27.9 Å². The van der Waals surface area contributed by atoms with Gasteiger partial charge in [-0.3, -0.25) is 15.0 Å². The molecule has 3 heterocycles. The van der Waals surface area contributed by atoms with Crippen molar-refractivity contribution in [3.05, 3.63) is 114 Å². The van der Waals surface area contributed by atoms with E-state index in [1.54, 1.807) is 47.3 Å². The number of amides is 3. The summed E-state index contributed by atoms with van der Waals surface area (Å²) < 4.78 is 19.0. The number of benzene rings is 4. The Morgan fingerprint density at radius 1 is 0.914 bits per heavy atom. The number of hydrogen-bond acceptors (Lipinski definition) is 10. The Hall–Kier alpha value is -6.51. The number of carbonyl (C=O) groups excluding carboxylic acids is 2. The van der Waals surface area contributed by atoms with E-state index in [2.05, 4.69) is 50.0 Å². The van der Waals surface area contributed by atoms with Crippen LogP contribution in [0.5, 0.6) is 17.4 Å². The molecule has 1 fully saturated rings. The number of aromatic nitrogens is 4. The molecule has 1 aliphatic heterocycles.